The lowest BCUT2D eigenvalue weighted by atomic mass is 10.3. The molecule has 1 aromatic carbocycles. The highest BCUT2D eigenvalue weighted by atomic mass is 32.2. The van der Waals surface area contributed by atoms with E-state index in [1.165, 1.54) is 13.1 Å². The minimum atomic E-state index is -4.00. The molecule has 8 heteroatoms. The second-order valence-electron chi connectivity index (χ2n) is 4.79. The van der Waals surface area contributed by atoms with Crippen molar-refractivity contribution in [2.75, 3.05) is 19.3 Å². The van der Waals surface area contributed by atoms with E-state index in [1.54, 1.807) is 0 Å². The van der Waals surface area contributed by atoms with Crippen LogP contribution in [0.4, 0.5) is 10.1 Å². The molecule has 1 aliphatic carbocycles. The number of likely N-dealkylation sites (N-methyl/N-ethyl adjacent to an activating group) is 1. The average Bonchev–Trinajstić information content (AvgIpc) is 3.15. The minimum Gasteiger partial charge on any atom is -0.398 e. The lowest BCUT2D eigenvalue weighted by Crippen LogP contribution is -2.39. The van der Waals surface area contributed by atoms with Gasteiger partial charge in [0, 0.05) is 13.1 Å². The van der Waals surface area contributed by atoms with Crippen molar-refractivity contribution in [2.45, 2.75) is 23.8 Å². The minimum absolute atomic E-state index is 0.0548. The summed E-state index contributed by atoms with van der Waals surface area (Å²) in [5.74, 6) is -1.08. The fourth-order valence-corrected chi connectivity index (χ4v) is 2.94. The summed E-state index contributed by atoms with van der Waals surface area (Å²) in [6.07, 6.45) is 1.83. The Labute approximate surface area is 116 Å². The number of nitrogens with one attached hydrogen (secondary N) is 1. The van der Waals surface area contributed by atoms with Gasteiger partial charge in [-0.3, -0.25) is 4.79 Å². The van der Waals surface area contributed by atoms with Gasteiger partial charge in [0.2, 0.25) is 15.9 Å². The summed E-state index contributed by atoms with van der Waals surface area (Å²) >= 11 is 0. The second-order valence-corrected chi connectivity index (χ2v) is 6.80. The van der Waals surface area contributed by atoms with E-state index >= 15 is 0 Å². The quantitative estimate of drug-likeness (QED) is 0.765. The molecule has 1 fully saturated rings. The summed E-state index contributed by atoms with van der Waals surface area (Å²) in [6.45, 7) is -0.325. The van der Waals surface area contributed by atoms with Crippen LogP contribution >= 0.6 is 0 Å². The van der Waals surface area contributed by atoms with Gasteiger partial charge < -0.3 is 11.1 Å². The summed E-state index contributed by atoms with van der Waals surface area (Å²) in [6, 6.07) is 3.26. The van der Waals surface area contributed by atoms with E-state index in [1.807, 2.05) is 0 Å². The van der Waals surface area contributed by atoms with Gasteiger partial charge in [-0.05, 0) is 31.0 Å². The van der Waals surface area contributed by atoms with Crippen molar-refractivity contribution in [3.8, 4) is 0 Å². The number of hydrogen-bond donors (Lipinski definition) is 2. The van der Waals surface area contributed by atoms with E-state index in [0.29, 0.717) is 0 Å². The van der Waals surface area contributed by atoms with Gasteiger partial charge in [-0.25, -0.2) is 12.8 Å². The van der Waals surface area contributed by atoms with Crippen LogP contribution in [-0.4, -0.2) is 38.3 Å². The van der Waals surface area contributed by atoms with Crippen molar-refractivity contribution in [3.63, 3.8) is 0 Å². The molecule has 0 atom stereocenters. The molecule has 20 heavy (non-hydrogen) atoms. The molecule has 0 radical (unpaired) electrons. The Morgan fingerprint density at radius 2 is 2.15 bits per heavy atom. The number of benzene rings is 1. The largest absolute Gasteiger partial charge is 0.398 e. The van der Waals surface area contributed by atoms with E-state index in [4.69, 9.17) is 5.73 Å². The molecule has 1 aromatic rings. The smallest absolute Gasteiger partial charge is 0.245 e. The Kier molecular flexibility index (Phi) is 3.96. The molecule has 0 saturated heterocycles. The Hall–Kier alpha value is -1.67. The van der Waals surface area contributed by atoms with E-state index < -0.39 is 15.8 Å². The number of sulfonamides is 1. The Morgan fingerprint density at radius 1 is 1.50 bits per heavy atom. The van der Waals surface area contributed by atoms with E-state index in [0.717, 1.165) is 29.3 Å². The highest BCUT2D eigenvalue weighted by Gasteiger charge is 2.28. The molecule has 3 N–H and O–H groups in total. The van der Waals surface area contributed by atoms with Crippen LogP contribution in [0.15, 0.2) is 23.1 Å². The molecule has 0 aromatic heterocycles. The lowest BCUT2D eigenvalue weighted by Gasteiger charge is -2.18. The molecule has 0 heterocycles. The lowest BCUT2D eigenvalue weighted by molar-refractivity contribution is -0.121. The van der Waals surface area contributed by atoms with Gasteiger partial charge in [0.1, 0.15) is 10.7 Å². The first kappa shape index (κ1) is 14.7. The van der Waals surface area contributed by atoms with Crippen LogP contribution in [0.2, 0.25) is 0 Å². The fourth-order valence-electron chi connectivity index (χ4n) is 1.69. The van der Waals surface area contributed by atoms with Crippen LogP contribution in [0.1, 0.15) is 12.8 Å². The summed E-state index contributed by atoms with van der Waals surface area (Å²) in [7, 11) is -2.74. The molecule has 2 rings (SSSR count). The number of nitrogens with two attached hydrogens (primary N) is 1. The fraction of sp³-hybridized carbons (Fsp3) is 0.417. The van der Waals surface area contributed by atoms with Crippen molar-refractivity contribution >= 4 is 21.6 Å². The van der Waals surface area contributed by atoms with E-state index in [2.05, 4.69) is 5.32 Å². The van der Waals surface area contributed by atoms with Crippen molar-refractivity contribution in [1.29, 1.82) is 0 Å². The zero-order valence-corrected chi connectivity index (χ0v) is 11.8. The Morgan fingerprint density at radius 3 is 2.75 bits per heavy atom. The average molecular weight is 301 g/mol. The van der Waals surface area contributed by atoms with Crippen LogP contribution in [0.3, 0.4) is 0 Å². The number of hydrogen-bond acceptors (Lipinski definition) is 4. The van der Waals surface area contributed by atoms with Gasteiger partial charge in [-0.2, -0.15) is 4.31 Å². The molecule has 1 saturated carbocycles. The van der Waals surface area contributed by atoms with Crippen LogP contribution in [-0.2, 0) is 14.8 Å². The molecule has 0 unspecified atom stereocenters. The highest BCUT2D eigenvalue weighted by molar-refractivity contribution is 7.89. The Balaban J connectivity index is 2.15. The molecule has 0 bridgehead atoms. The molecule has 1 amide bonds. The second kappa shape index (κ2) is 5.37. The third-order valence-corrected chi connectivity index (χ3v) is 4.83. The van der Waals surface area contributed by atoms with Gasteiger partial charge >= 0.3 is 0 Å². The Bertz CT molecular complexity index is 629. The van der Waals surface area contributed by atoms with Crippen molar-refractivity contribution < 1.29 is 17.6 Å². The number of anilines is 1. The monoisotopic (exact) mass is 301 g/mol. The maximum Gasteiger partial charge on any atom is 0.245 e. The van der Waals surface area contributed by atoms with Crippen molar-refractivity contribution in [2.24, 2.45) is 0 Å². The summed E-state index contributed by atoms with van der Waals surface area (Å²) in [5, 5.41) is 2.68. The molecule has 6 nitrogen and oxygen atoms in total. The summed E-state index contributed by atoms with van der Waals surface area (Å²) in [5.41, 5.74) is 5.51. The number of carbonyl (C=O) groups excluding carboxylic acids is 1. The van der Waals surface area contributed by atoms with Crippen LogP contribution in [0.5, 0.6) is 0 Å². The summed E-state index contributed by atoms with van der Waals surface area (Å²) < 4.78 is 38.5. The van der Waals surface area contributed by atoms with E-state index in [-0.39, 0.29) is 29.1 Å². The van der Waals surface area contributed by atoms with Crippen LogP contribution in [0, 0.1) is 5.82 Å². The number of rotatable bonds is 5. The number of halogens is 1. The number of nitrogens with zero attached hydrogens (tertiary/aromatic N) is 1. The molecular weight excluding hydrogens is 285 g/mol. The first-order valence-corrected chi connectivity index (χ1v) is 7.55. The topological polar surface area (TPSA) is 92.5 Å². The molecule has 1 aliphatic rings. The number of amides is 1. The normalized spacial score (nSPS) is 15.3. The molecule has 0 aliphatic heterocycles. The van der Waals surface area contributed by atoms with Crippen molar-refractivity contribution in [1.82, 2.24) is 9.62 Å². The standard InChI is InChI=1S/C12H16FN3O3S/c1-16(7-12(17)15-9-3-4-9)20(18,19)11-6-8(13)2-5-10(11)14/h2,5-6,9H,3-4,7,14H2,1H3,(H,15,17). The van der Waals surface area contributed by atoms with E-state index in [9.17, 15) is 17.6 Å². The van der Waals surface area contributed by atoms with Gasteiger partial charge in [-0.15, -0.1) is 0 Å². The number of nitrogen functional groups attached to an aromatic ring is 1. The maximum absolute atomic E-state index is 13.2. The third kappa shape index (κ3) is 3.26. The van der Waals surface area contributed by atoms with Crippen LogP contribution < -0.4 is 11.1 Å². The molecule has 0 spiro atoms. The van der Waals surface area contributed by atoms with Gasteiger partial charge in [0.15, 0.2) is 0 Å². The van der Waals surface area contributed by atoms with Gasteiger partial charge in [0.05, 0.1) is 12.2 Å². The summed E-state index contributed by atoms with van der Waals surface area (Å²) in [4.78, 5) is 11.3. The van der Waals surface area contributed by atoms with Gasteiger partial charge in [-0.1, -0.05) is 0 Å². The zero-order chi connectivity index (χ0) is 14.9. The third-order valence-electron chi connectivity index (χ3n) is 2.97. The molecule has 110 valence electrons. The predicted molar refractivity (Wildman–Crippen MR) is 71.8 cm³/mol. The predicted octanol–water partition coefficient (Wildman–Crippen LogP) is 0.307. The van der Waals surface area contributed by atoms with Crippen LogP contribution in [0.25, 0.3) is 0 Å². The first-order valence-electron chi connectivity index (χ1n) is 6.11. The molecular formula is C12H16FN3O3S. The van der Waals surface area contributed by atoms with Gasteiger partial charge in [0.25, 0.3) is 0 Å². The number of carbonyl (C=O) groups is 1. The highest BCUT2D eigenvalue weighted by Crippen LogP contribution is 2.23. The first-order chi connectivity index (χ1) is 9.30. The SMILES string of the molecule is CN(CC(=O)NC1CC1)S(=O)(=O)c1cc(F)ccc1N. The zero-order valence-electron chi connectivity index (χ0n) is 11.0. The van der Waals surface area contributed by atoms with Crippen molar-refractivity contribution in [3.05, 3.63) is 24.0 Å². The maximum atomic E-state index is 13.2.